The molecule has 1 aromatic carbocycles. The lowest BCUT2D eigenvalue weighted by Crippen LogP contribution is -2.43. The number of benzene rings is 1. The van der Waals surface area contributed by atoms with Crippen LogP contribution in [0.3, 0.4) is 0 Å². The first-order valence-electron chi connectivity index (χ1n) is 7.55. The molecule has 0 saturated heterocycles. The van der Waals surface area contributed by atoms with Gasteiger partial charge in [-0.15, -0.1) is 0 Å². The zero-order valence-electron chi connectivity index (χ0n) is 13.5. The van der Waals surface area contributed by atoms with Crippen molar-refractivity contribution in [1.29, 1.82) is 0 Å². The summed E-state index contributed by atoms with van der Waals surface area (Å²) in [5, 5.41) is 0. The van der Waals surface area contributed by atoms with Crippen LogP contribution in [0.25, 0.3) is 0 Å². The number of hydrogen-bond acceptors (Lipinski definition) is 4. The Hall–Kier alpha value is -2.10. The summed E-state index contributed by atoms with van der Waals surface area (Å²) < 4.78 is 10.4. The van der Waals surface area contributed by atoms with Crippen LogP contribution in [-0.4, -0.2) is 25.2 Å². The molecule has 1 aromatic rings. The van der Waals surface area contributed by atoms with Crippen LogP contribution in [0, 0.1) is 0 Å². The molecule has 0 radical (unpaired) electrons. The van der Waals surface area contributed by atoms with Crippen LogP contribution in [0.4, 0.5) is 0 Å². The Bertz CT molecular complexity index is 566. The highest BCUT2D eigenvalue weighted by Crippen LogP contribution is 2.42. The van der Waals surface area contributed by atoms with Gasteiger partial charge in [0.1, 0.15) is 10.8 Å². The smallest absolute Gasteiger partial charge is 0.320 e. The van der Waals surface area contributed by atoms with Crippen molar-refractivity contribution in [2.75, 3.05) is 13.2 Å². The van der Waals surface area contributed by atoms with E-state index in [0.29, 0.717) is 13.2 Å². The second-order valence-electron chi connectivity index (χ2n) is 5.72. The Morgan fingerprint density at radius 3 is 1.55 bits per heavy atom. The Balaban J connectivity index is 2.57. The summed E-state index contributed by atoms with van der Waals surface area (Å²) in [5.41, 5.74) is -0.213. The van der Waals surface area contributed by atoms with Gasteiger partial charge in [-0.1, -0.05) is 36.4 Å². The zero-order chi connectivity index (χ0) is 16.4. The number of carbonyl (C=O) groups excluding carboxylic acids is 2. The van der Waals surface area contributed by atoms with Gasteiger partial charge in [-0.2, -0.15) is 0 Å². The van der Waals surface area contributed by atoms with Crippen molar-refractivity contribution in [1.82, 2.24) is 0 Å². The largest absolute Gasteiger partial charge is 0.465 e. The minimum Gasteiger partial charge on any atom is -0.465 e. The van der Waals surface area contributed by atoms with Crippen LogP contribution in [0.2, 0.25) is 0 Å². The van der Waals surface area contributed by atoms with Crippen LogP contribution in [0.15, 0.2) is 36.4 Å². The Morgan fingerprint density at radius 2 is 1.23 bits per heavy atom. The molecule has 22 heavy (non-hydrogen) atoms. The van der Waals surface area contributed by atoms with E-state index >= 15 is 0 Å². The van der Waals surface area contributed by atoms with Gasteiger partial charge >= 0.3 is 11.9 Å². The van der Waals surface area contributed by atoms with E-state index in [9.17, 15) is 9.59 Å². The molecule has 118 valence electrons. The Morgan fingerprint density at radius 1 is 0.864 bits per heavy atom. The molecule has 0 aromatic heterocycles. The first kappa shape index (κ1) is 16.3. The normalized spacial score (nSPS) is 26.2. The molecule has 4 nitrogen and oxygen atoms in total. The van der Waals surface area contributed by atoms with Crippen molar-refractivity contribution < 1.29 is 19.1 Å². The Kier molecular flexibility index (Phi) is 4.40. The molecular formula is C18H22O4. The van der Waals surface area contributed by atoms with Crippen LogP contribution in [-0.2, 0) is 29.9 Å². The molecule has 0 N–H and O–H groups in total. The van der Waals surface area contributed by atoms with Gasteiger partial charge in [0.15, 0.2) is 0 Å². The van der Waals surface area contributed by atoms with Gasteiger partial charge in [-0.3, -0.25) is 9.59 Å². The summed E-state index contributed by atoms with van der Waals surface area (Å²) in [5.74, 6) is -0.630. The average Bonchev–Trinajstić information content (AvgIpc) is 2.52. The van der Waals surface area contributed by atoms with Crippen LogP contribution >= 0.6 is 0 Å². The third-order valence-electron chi connectivity index (χ3n) is 4.20. The van der Waals surface area contributed by atoms with Crippen molar-refractivity contribution in [2.24, 2.45) is 0 Å². The topological polar surface area (TPSA) is 52.6 Å². The molecule has 0 fully saturated rings. The van der Waals surface area contributed by atoms with Gasteiger partial charge in [-0.05, 0) is 38.8 Å². The van der Waals surface area contributed by atoms with E-state index in [-0.39, 0.29) is 11.9 Å². The molecule has 4 heteroatoms. The molecule has 0 bridgehead atoms. The number of ether oxygens (including phenoxy) is 2. The van der Waals surface area contributed by atoms with Gasteiger partial charge in [0.2, 0.25) is 0 Å². The lowest BCUT2D eigenvalue weighted by Gasteiger charge is -2.37. The highest BCUT2D eigenvalue weighted by molar-refractivity contribution is 5.92. The summed E-state index contributed by atoms with van der Waals surface area (Å²) in [6.07, 6.45) is 3.51. The lowest BCUT2D eigenvalue weighted by molar-refractivity contribution is -0.150. The predicted molar refractivity (Wildman–Crippen MR) is 83.6 cm³/mol. The van der Waals surface area contributed by atoms with E-state index < -0.39 is 10.8 Å². The highest BCUT2D eigenvalue weighted by atomic mass is 16.5. The van der Waals surface area contributed by atoms with E-state index in [4.69, 9.17) is 9.47 Å². The van der Waals surface area contributed by atoms with E-state index in [2.05, 4.69) is 0 Å². The van der Waals surface area contributed by atoms with Crippen molar-refractivity contribution in [2.45, 2.75) is 38.5 Å². The third kappa shape index (κ3) is 2.43. The van der Waals surface area contributed by atoms with E-state index in [1.165, 1.54) is 0 Å². The number of hydrogen-bond donors (Lipinski definition) is 0. The maximum atomic E-state index is 12.4. The maximum absolute atomic E-state index is 12.4. The fraction of sp³-hybridized carbons (Fsp3) is 0.444. The summed E-state index contributed by atoms with van der Waals surface area (Å²) in [6, 6.07) is 7.46. The Labute approximate surface area is 131 Å². The predicted octanol–water partition coefficient (Wildman–Crippen LogP) is 2.90. The quantitative estimate of drug-likeness (QED) is 0.634. The van der Waals surface area contributed by atoms with E-state index in [1.54, 1.807) is 26.0 Å². The van der Waals surface area contributed by atoms with Gasteiger partial charge in [0, 0.05) is 0 Å². The molecule has 1 aliphatic carbocycles. The summed E-state index contributed by atoms with van der Waals surface area (Å²) in [7, 11) is 0. The van der Waals surface area contributed by atoms with E-state index in [0.717, 1.165) is 11.1 Å². The standard InChI is InChI=1S/C18H22O4/c1-5-21-15(19)17(3)11-12-18(4,16(20)22-6-2)14-10-8-7-9-13(14)17/h7-12H,5-6H2,1-4H3/t17-,18-/m1/s1. The first-order chi connectivity index (χ1) is 10.4. The van der Waals surface area contributed by atoms with Crippen LogP contribution in [0.1, 0.15) is 38.8 Å². The number of carbonyl (C=O) groups is 2. The molecule has 0 amide bonds. The van der Waals surface area contributed by atoms with Gasteiger partial charge < -0.3 is 9.47 Å². The third-order valence-corrected chi connectivity index (χ3v) is 4.20. The maximum Gasteiger partial charge on any atom is 0.320 e. The van der Waals surface area contributed by atoms with E-state index in [1.807, 2.05) is 38.1 Å². The van der Waals surface area contributed by atoms with Crippen molar-refractivity contribution in [3.63, 3.8) is 0 Å². The number of esters is 2. The van der Waals surface area contributed by atoms with Gasteiger partial charge in [0.25, 0.3) is 0 Å². The van der Waals surface area contributed by atoms with Crippen LogP contribution < -0.4 is 0 Å². The molecule has 0 spiro atoms. The molecule has 0 aliphatic heterocycles. The minimum atomic E-state index is -0.890. The molecule has 2 atom stereocenters. The van der Waals surface area contributed by atoms with Crippen molar-refractivity contribution in [3.05, 3.63) is 47.5 Å². The zero-order valence-corrected chi connectivity index (χ0v) is 13.5. The fourth-order valence-corrected chi connectivity index (χ4v) is 2.82. The first-order valence-corrected chi connectivity index (χ1v) is 7.55. The summed E-state index contributed by atoms with van der Waals surface area (Å²) in [6.45, 7) is 7.82. The number of fused-ring (bicyclic) bond motifs is 1. The summed E-state index contributed by atoms with van der Waals surface area (Å²) >= 11 is 0. The molecule has 0 heterocycles. The minimum absolute atomic E-state index is 0.315. The number of rotatable bonds is 4. The molecule has 1 aliphatic rings. The molecule has 2 rings (SSSR count). The van der Waals surface area contributed by atoms with Gasteiger partial charge in [-0.25, -0.2) is 0 Å². The SMILES string of the molecule is CCOC(=O)[C@]1(C)C=C[C@@](C)(C(=O)OCC)c2ccccc21. The molecular weight excluding hydrogens is 280 g/mol. The fourth-order valence-electron chi connectivity index (χ4n) is 2.82. The van der Waals surface area contributed by atoms with Crippen LogP contribution in [0.5, 0.6) is 0 Å². The summed E-state index contributed by atoms with van der Waals surface area (Å²) in [4.78, 5) is 24.8. The second kappa shape index (κ2) is 5.95. The van der Waals surface area contributed by atoms with Crippen molar-refractivity contribution >= 4 is 11.9 Å². The van der Waals surface area contributed by atoms with Crippen molar-refractivity contribution in [3.8, 4) is 0 Å². The van der Waals surface area contributed by atoms with Gasteiger partial charge in [0.05, 0.1) is 13.2 Å². The highest BCUT2D eigenvalue weighted by Gasteiger charge is 2.47. The average molecular weight is 302 g/mol. The second-order valence-corrected chi connectivity index (χ2v) is 5.72. The monoisotopic (exact) mass is 302 g/mol. The molecule has 0 unspecified atom stereocenters. The lowest BCUT2D eigenvalue weighted by atomic mass is 9.66. The molecule has 0 saturated carbocycles.